The number of H-pyrrole nitrogens is 1. The van der Waals surface area contributed by atoms with E-state index in [0.717, 1.165) is 10.9 Å². The van der Waals surface area contributed by atoms with Gasteiger partial charge in [0.25, 0.3) is 0 Å². The van der Waals surface area contributed by atoms with Gasteiger partial charge in [0.1, 0.15) is 23.5 Å². The van der Waals surface area contributed by atoms with Crippen LogP contribution in [0.15, 0.2) is 55.2 Å². The summed E-state index contributed by atoms with van der Waals surface area (Å²) in [4.78, 5) is 20.1. The van der Waals surface area contributed by atoms with Crippen molar-refractivity contribution in [3.05, 3.63) is 60.8 Å². The minimum Gasteiger partial charge on any atom is -0.340 e. The zero-order valence-electron chi connectivity index (χ0n) is 13.8. The highest BCUT2D eigenvalue weighted by atomic mass is 15.4. The summed E-state index contributed by atoms with van der Waals surface area (Å²) < 4.78 is 1.58. The van der Waals surface area contributed by atoms with Gasteiger partial charge in [-0.05, 0) is 18.2 Å². The zero-order chi connectivity index (χ0) is 18.2. The van der Waals surface area contributed by atoms with Crippen LogP contribution in [0.1, 0.15) is 5.56 Å². The van der Waals surface area contributed by atoms with Gasteiger partial charge in [0.2, 0.25) is 0 Å². The highest BCUT2D eigenvalue weighted by molar-refractivity contribution is 5.85. The summed E-state index contributed by atoms with van der Waals surface area (Å²) in [6.07, 6.45) is 4.44. The number of aromatic nitrogens is 7. The highest BCUT2D eigenvalue weighted by Gasteiger charge is 2.16. The maximum Gasteiger partial charge on any atom is 0.182 e. The van der Waals surface area contributed by atoms with Crippen LogP contribution in [0.3, 0.4) is 0 Å². The molecular formula is C18H11N9. The van der Waals surface area contributed by atoms with Crippen molar-refractivity contribution in [2.45, 2.75) is 0 Å². The predicted molar refractivity (Wildman–Crippen MR) is 98.5 cm³/mol. The van der Waals surface area contributed by atoms with Gasteiger partial charge >= 0.3 is 0 Å². The molecule has 2 N–H and O–H groups in total. The average molecular weight is 353 g/mol. The fourth-order valence-corrected chi connectivity index (χ4v) is 2.87. The van der Waals surface area contributed by atoms with Gasteiger partial charge in [-0.15, -0.1) is 0 Å². The summed E-state index contributed by atoms with van der Waals surface area (Å²) in [5.74, 6) is 1.55. The second kappa shape index (κ2) is 5.89. The molecule has 27 heavy (non-hydrogen) atoms. The Morgan fingerprint density at radius 1 is 1.07 bits per heavy atom. The topological polar surface area (TPSA) is 121 Å². The zero-order valence-corrected chi connectivity index (χ0v) is 13.8. The molecule has 0 aliphatic heterocycles. The van der Waals surface area contributed by atoms with E-state index in [1.807, 2.05) is 36.4 Å². The standard InChI is InChI=1S/C18H11N9/c19-7-12-8-24-27(14-6-5-11-3-1-2-4-13(11)25-14)18(12)26-17-15-16(21-9-20-15)22-10-23-17/h1-6,8-10H,(H2,20,21,22,23,26). The van der Waals surface area contributed by atoms with Gasteiger partial charge in [-0.2, -0.15) is 15.0 Å². The van der Waals surface area contributed by atoms with Gasteiger partial charge in [0, 0.05) is 5.39 Å². The lowest BCUT2D eigenvalue weighted by atomic mass is 10.2. The van der Waals surface area contributed by atoms with Gasteiger partial charge < -0.3 is 10.3 Å². The van der Waals surface area contributed by atoms with E-state index in [4.69, 9.17) is 0 Å². The average Bonchev–Trinajstić information content (AvgIpc) is 3.35. The minimum atomic E-state index is 0.372. The van der Waals surface area contributed by atoms with E-state index in [9.17, 15) is 5.26 Å². The number of imidazole rings is 1. The molecule has 0 unspecified atom stereocenters. The number of benzene rings is 1. The van der Waals surface area contributed by atoms with Crippen LogP contribution in [0.5, 0.6) is 0 Å². The van der Waals surface area contributed by atoms with E-state index in [1.54, 1.807) is 4.68 Å². The van der Waals surface area contributed by atoms with Crippen LogP contribution in [0.25, 0.3) is 27.9 Å². The van der Waals surface area contributed by atoms with Crippen LogP contribution in [0.4, 0.5) is 11.6 Å². The fraction of sp³-hybridized carbons (Fsp3) is 0. The third-order valence-corrected chi connectivity index (χ3v) is 4.15. The predicted octanol–water partition coefficient (Wildman–Crippen LogP) is 2.70. The molecule has 0 bridgehead atoms. The van der Waals surface area contributed by atoms with Crippen molar-refractivity contribution in [1.82, 2.24) is 34.7 Å². The number of para-hydroxylation sites is 1. The third kappa shape index (κ3) is 2.44. The first-order valence-corrected chi connectivity index (χ1v) is 8.09. The van der Waals surface area contributed by atoms with Crippen molar-refractivity contribution < 1.29 is 0 Å². The number of hydrogen-bond donors (Lipinski definition) is 2. The molecule has 128 valence electrons. The number of aromatic amines is 1. The normalized spacial score (nSPS) is 10.9. The van der Waals surface area contributed by atoms with E-state index in [2.05, 4.69) is 41.4 Å². The molecule has 9 nitrogen and oxygen atoms in total. The molecule has 5 aromatic rings. The number of anilines is 2. The van der Waals surface area contributed by atoms with Gasteiger partial charge in [-0.1, -0.05) is 18.2 Å². The van der Waals surface area contributed by atoms with E-state index < -0.39 is 0 Å². The second-order valence-electron chi connectivity index (χ2n) is 5.74. The summed E-state index contributed by atoms with van der Waals surface area (Å²) in [7, 11) is 0. The van der Waals surface area contributed by atoms with Gasteiger partial charge in [-0.25, -0.2) is 19.9 Å². The Labute approximate surface area is 152 Å². The van der Waals surface area contributed by atoms with Crippen LogP contribution in [-0.4, -0.2) is 34.7 Å². The molecule has 0 radical (unpaired) electrons. The Balaban J connectivity index is 1.65. The SMILES string of the molecule is N#Cc1cnn(-c2ccc3ccccc3n2)c1Nc1ncnc2nc[nH]c12. The summed E-state index contributed by atoms with van der Waals surface area (Å²) >= 11 is 0. The molecule has 0 saturated heterocycles. The highest BCUT2D eigenvalue weighted by Crippen LogP contribution is 2.25. The molecule has 9 heteroatoms. The van der Waals surface area contributed by atoms with Crippen molar-refractivity contribution >= 4 is 33.7 Å². The van der Waals surface area contributed by atoms with Crippen LogP contribution in [0, 0.1) is 11.3 Å². The molecule has 4 heterocycles. The van der Waals surface area contributed by atoms with Crippen molar-refractivity contribution in [3.63, 3.8) is 0 Å². The molecule has 0 aliphatic rings. The van der Waals surface area contributed by atoms with Gasteiger partial charge in [-0.3, -0.25) is 0 Å². The van der Waals surface area contributed by atoms with E-state index >= 15 is 0 Å². The van der Waals surface area contributed by atoms with Gasteiger partial charge in [0.05, 0.1) is 18.0 Å². The quantitative estimate of drug-likeness (QED) is 0.511. The summed E-state index contributed by atoms with van der Waals surface area (Å²) in [5, 5.41) is 18.0. The van der Waals surface area contributed by atoms with Crippen molar-refractivity contribution in [2.24, 2.45) is 0 Å². The molecule has 0 aliphatic carbocycles. The lowest BCUT2D eigenvalue weighted by molar-refractivity contribution is 0.859. The van der Waals surface area contributed by atoms with Crippen molar-refractivity contribution in [1.29, 1.82) is 5.26 Å². The van der Waals surface area contributed by atoms with Crippen molar-refractivity contribution in [3.8, 4) is 11.9 Å². The first kappa shape index (κ1) is 15.0. The Bertz CT molecular complexity index is 1330. The van der Waals surface area contributed by atoms with Crippen LogP contribution in [-0.2, 0) is 0 Å². The fourth-order valence-electron chi connectivity index (χ4n) is 2.87. The Kier molecular flexibility index (Phi) is 3.27. The number of pyridine rings is 1. The number of fused-ring (bicyclic) bond motifs is 2. The lowest BCUT2D eigenvalue weighted by Gasteiger charge is -2.10. The molecule has 1 aromatic carbocycles. The number of nitrogens with zero attached hydrogens (tertiary/aromatic N) is 7. The molecular weight excluding hydrogens is 342 g/mol. The molecule has 0 amide bonds. The number of rotatable bonds is 3. The summed E-state index contributed by atoms with van der Waals surface area (Å²) in [6, 6.07) is 13.8. The van der Waals surface area contributed by atoms with Crippen LogP contribution >= 0.6 is 0 Å². The smallest absolute Gasteiger partial charge is 0.182 e. The minimum absolute atomic E-state index is 0.372. The largest absolute Gasteiger partial charge is 0.340 e. The first-order chi connectivity index (χ1) is 13.3. The lowest BCUT2D eigenvalue weighted by Crippen LogP contribution is -2.06. The summed E-state index contributed by atoms with van der Waals surface area (Å²) in [5.41, 5.74) is 2.38. The number of hydrogen-bond acceptors (Lipinski definition) is 7. The molecule has 0 saturated carbocycles. The van der Waals surface area contributed by atoms with E-state index in [-0.39, 0.29) is 0 Å². The second-order valence-corrected chi connectivity index (χ2v) is 5.74. The Hall–Kier alpha value is -4.32. The Morgan fingerprint density at radius 3 is 2.93 bits per heavy atom. The molecule has 0 fully saturated rings. The molecule has 4 aromatic heterocycles. The molecule has 0 spiro atoms. The van der Waals surface area contributed by atoms with Crippen molar-refractivity contribution in [2.75, 3.05) is 5.32 Å². The number of nitriles is 1. The first-order valence-electron chi connectivity index (χ1n) is 8.09. The third-order valence-electron chi connectivity index (χ3n) is 4.15. The van der Waals surface area contributed by atoms with Crippen LogP contribution < -0.4 is 5.32 Å². The molecule has 5 rings (SSSR count). The molecule has 0 atom stereocenters. The summed E-state index contributed by atoms with van der Waals surface area (Å²) in [6.45, 7) is 0. The maximum atomic E-state index is 9.49. The van der Waals surface area contributed by atoms with Gasteiger partial charge in [0.15, 0.2) is 23.1 Å². The number of nitrogens with one attached hydrogen (secondary N) is 2. The Morgan fingerprint density at radius 2 is 2.00 bits per heavy atom. The van der Waals surface area contributed by atoms with Crippen LogP contribution in [0.2, 0.25) is 0 Å². The van der Waals surface area contributed by atoms with E-state index in [0.29, 0.717) is 34.2 Å². The monoisotopic (exact) mass is 353 g/mol. The maximum absolute atomic E-state index is 9.49. The van der Waals surface area contributed by atoms with E-state index in [1.165, 1.54) is 18.9 Å².